The van der Waals surface area contributed by atoms with Crippen molar-refractivity contribution in [2.24, 2.45) is 0 Å². The van der Waals surface area contributed by atoms with E-state index >= 15 is 0 Å². The van der Waals surface area contributed by atoms with Crippen LogP contribution in [0.4, 0.5) is 17.3 Å². The molecule has 0 bridgehead atoms. The summed E-state index contributed by atoms with van der Waals surface area (Å²) in [7, 11) is 0. The first-order chi connectivity index (χ1) is 13.7. The Balaban J connectivity index is 1.40. The molecule has 0 unspecified atom stereocenters. The standard InChI is InChI=1S/C20H22N6O2/c1-2-28-17-7-5-15(6-8-17)20(27)23-13-12-22-18-9-10-19(26-25-18)24-16-4-3-11-21-14-16/h3-11,14H,2,12-13H2,1H3,(H,22,25)(H,23,27)(H,24,26). The molecule has 3 N–H and O–H groups in total. The van der Waals surface area contributed by atoms with Gasteiger partial charge in [-0.15, -0.1) is 10.2 Å². The molecule has 144 valence electrons. The maximum Gasteiger partial charge on any atom is 0.251 e. The van der Waals surface area contributed by atoms with Gasteiger partial charge in [0.15, 0.2) is 5.82 Å². The number of nitrogens with one attached hydrogen (secondary N) is 3. The number of hydrogen-bond acceptors (Lipinski definition) is 7. The molecule has 3 rings (SSSR count). The Labute approximate surface area is 163 Å². The van der Waals surface area contributed by atoms with Crippen LogP contribution in [0.1, 0.15) is 17.3 Å². The smallest absolute Gasteiger partial charge is 0.251 e. The number of anilines is 3. The van der Waals surface area contributed by atoms with Crippen LogP contribution in [0.15, 0.2) is 60.9 Å². The summed E-state index contributed by atoms with van der Waals surface area (Å²) >= 11 is 0. The first-order valence-corrected chi connectivity index (χ1v) is 9.00. The molecule has 8 heteroatoms. The van der Waals surface area contributed by atoms with Crippen LogP contribution in [-0.2, 0) is 0 Å². The topological polar surface area (TPSA) is 101 Å². The molecular weight excluding hydrogens is 356 g/mol. The molecule has 0 aliphatic heterocycles. The van der Waals surface area contributed by atoms with Gasteiger partial charge in [-0.25, -0.2) is 0 Å². The number of carbonyl (C=O) groups excluding carboxylic acids is 1. The van der Waals surface area contributed by atoms with E-state index in [9.17, 15) is 4.79 Å². The fourth-order valence-electron chi connectivity index (χ4n) is 2.42. The highest BCUT2D eigenvalue weighted by Crippen LogP contribution is 2.13. The normalized spacial score (nSPS) is 10.2. The summed E-state index contributed by atoms with van der Waals surface area (Å²) in [6, 6.07) is 14.4. The van der Waals surface area contributed by atoms with E-state index in [-0.39, 0.29) is 5.91 Å². The van der Waals surface area contributed by atoms with Crippen LogP contribution < -0.4 is 20.7 Å². The van der Waals surface area contributed by atoms with Crippen molar-refractivity contribution in [1.29, 1.82) is 0 Å². The number of aromatic nitrogens is 3. The predicted octanol–water partition coefficient (Wildman–Crippen LogP) is 2.86. The SMILES string of the molecule is CCOc1ccc(C(=O)NCCNc2ccc(Nc3cccnc3)nn2)cc1. The third kappa shape index (κ3) is 5.66. The van der Waals surface area contributed by atoms with Gasteiger partial charge in [-0.2, -0.15) is 0 Å². The number of benzene rings is 1. The van der Waals surface area contributed by atoms with Gasteiger partial charge < -0.3 is 20.7 Å². The van der Waals surface area contributed by atoms with Crippen molar-refractivity contribution in [2.75, 3.05) is 30.3 Å². The molecule has 0 aliphatic rings. The lowest BCUT2D eigenvalue weighted by atomic mass is 10.2. The van der Waals surface area contributed by atoms with E-state index in [1.807, 2.05) is 31.2 Å². The van der Waals surface area contributed by atoms with Crippen molar-refractivity contribution in [2.45, 2.75) is 6.92 Å². The van der Waals surface area contributed by atoms with Crippen LogP contribution in [0.25, 0.3) is 0 Å². The molecule has 0 saturated carbocycles. The highest BCUT2D eigenvalue weighted by molar-refractivity contribution is 5.94. The molecular formula is C20H22N6O2. The Bertz CT molecular complexity index is 869. The van der Waals surface area contributed by atoms with Gasteiger partial charge in [0, 0.05) is 24.8 Å². The van der Waals surface area contributed by atoms with E-state index in [0.717, 1.165) is 11.4 Å². The molecule has 0 aliphatic carbocycles. The summed E-state index contributed by atoms with van der Waals surface area (Å²) in [6.07, 6.45) is 3.42. The van der Waals surface area contributed by atoms with Gasteiger partial charge in [0.05, 0.1) is 18.5 Å². The van der Waals surface area contributed by atoms with Crippen molar-refractivity contribution in [3.05, 3.63) is 66.5 Å². The number of rotatable bonds is 9. The second kappa shape index (κ2) is 9.86. The molecule has 0 atom stereocenters. The van der Waals surface area contributed by atoms with Crippen LogP contribution in [-0.4, -0.2) is 40.8 Å². The fourth-order valence-corrected chi connectivity index (χ4v) is 2.42. The Morgan fingerprint density at radius 2 is 1.79 bits per heavy atom. The minimum atomic E-state index is -0.132. The van der Waals surface area contributed by atoms with Gasteiger partial charge in [0.2, 0.25) is 0 Å². The van der Waals surface area contributed by atoms with Crippen molar-refractivity contribution >= 4 is 23.2 Å². The number of carbonyl (C=O) groups is 1. The second-order valence-corrected chi connectivity index (χ2v) is 5.81. The van der Waals surface area contributed by atoms with Crippen molar-refractivity contribution < 1.29 is 9.53 Å². The molecule has 28 heavy (non-hydrogen) atoms. The van der Waals surface area contributed by atoms with E-state index in [4.69, 9.17) is 4.74 Å². The van der Waals surface area contributed by atoms with E-state index in [1.165, 1.54) is 0 Å². The lowest BCUT2D eigenvalue weighted by molar-refractivity contribution is 0.0955. The van der Waals surface area contributed by atoms with Crippen LogP contribution in [0.5, 0.6) is 5.75 Å². The lowest BCUT2D eigenvalue weighted by Crippen LogP contribution is -2.28. The lowest BCUT2D eigenvalue weighted by Gasteiger charge is -2.09. The molecule has 0 spiro atoms. The third-order valence-electron chi connectivity index (χ3n) is 3.74. The first kappa shape index (κ1) is 19.1. The number of ether oxygens (including phenoxy) is 1. The van der Waals surface area contributed by atoms with Crippen LogP contribution in [0.3, 0.4) is 0 Å². The molecule has 0 fully saturated rings. The predicted molar refractivity (Wildman–Crippen MR) is 108 cm³/mol. The summed E-state index contributed by atoms with van der Waals surface area (Å²) in [4.78, 5) is 16.2. The molecule has 2 heterocycles. The highest BCUT2D eigenvalue weighted by atomic mass is 16.5. The van der Waals surface area contributed by atoms with Gasteiger partial charge in [-0.05, 0) is 55.5 Å². The van der Waals surface area contributed by atoms with E-state index < -0.39 is 0 Å². The summed E-state index contributed by atoms with van der Waals surface area (Å²) < 4.78 is 5.37. The molecule has 1 amide bonds. The Morgan fingerprint density at radius 1 is 1.00 bits per heavy atom. The Morgan fingerprint density at radius 3 is 2.46 bits per heavy atom. The molecule has 8 nitrogen and oxygen atoms in total. The minimum Gasteiger partial charge on any atom is -0.494 e. The monoisotopic (exact) mass is 378 g/mol. The van der Waals surface area contributed by atoms with E-state index in [1.54, 1.807) is 36.7 Å². The van der Waals surface area contributed by atoms with Crippen LogP contribution in [0, 0.1) is 0 Å². The average Bonchev–Trinajstić information content (AvgIpc) is 2.74. The summed E-state index contributed by atoms with van der Waals surface area (Å²) in [5, 5.41) is 17.3. The van der Waals surface area contributed by atoms with Crippen LogP contribution >= 0.6 is 0 Å². The van der Waals surface area contributed by atoms with Gasteiger partial charge in [-0.3, -0.25) is 9.78 Å². The maximum absolute atomic E-state index is 12.1. The van der Waals surface area contributed by atoms with Crippen molar-refractivity contribution in [1.82, 2.24) is 20.5 Å². The zero-order valence-electron chi connectivity index (χ0n) is 15.6. The Kier molecular flexibility index (Phi) is 6.73. The number of hydrogen-bond donors (Lipinski definition) is 3. The van der Waals surface area contributed by atoms with Gasteiger partial charge in [-0.1, -0.05) is 0 Å². The van der Waals surface area contributed by atoms with Gasteiger partial charge in [0.1, 0.15) is 11.6 Å². The third-order valence-corrected chi connectivity index (χ3v) is 3.74. The zero-order valence-corrected chi connectivity index (χ0v) is 15.6. The van der Waals surface area contributed by atoms with Crippen molar-refractivity contribution in [3.8, 4) is 5.75 Å². The maximum atomic E-state index is 12.1. The zero-order chi connectivity index (χ0) is 19.6. The molecule has 2 aromatic heterocycles. The average molecular weight is 378 g/mol. The molecule has 0 radical (unpaired) electrons. The largest absolute Gasteiger partial charge is 0.494 e. The van der Waals surface area contributed by atoms with E-state index in [2.05, 4.69) is 31.1 Å². The molecule has 0 saturated heterocycles. The highest BCUT2D eigenvalue weighted by Gasteiger charge is 2.05. The molecule has 3 aromatic rings. The van der Waals surface area contributed by atoms with Gasteiger partial charge in [0.25, 0.3) is 5.91 Å². The van der Waals surface area contributed by atoms with Crippen LogP contribution in [0.2, 0.25) is 0 Å². The Hall–Kier alpha value is -3.68. The molecule has 1 aromatic carbocycles. The van der Waals surface area contributed by atoms with Gasteiger partial charge >= 0.3 is 0 Å². The summed E-state index contributed by atoms with van der Waals surface area (Å²) in [5.41, 5.74) is 1.43. The quantitative estimate of drug-likeness (QED) is 0.492. The summed E-state index contributed by atoms with van der Waals surface area (Å²) in [5.74, 6) is 1.88. The second-order valence-electron chi connectivity index (χ2n) is 5.81. The fraction of sp³-hybridized carbons (Fsp3) is 0.200. The number of pyridine rings is 1. The number of amides is 1. The van der Waals surface area contributed by atoms with Crippen molar-refractivity contribution in [3.63, 3.8) is 0 Å². The number of nitrogens with zero attached hydrogens (tertiary/aromatic N) is 3. The van der Waals surface area contributed by atoms with E-state index in [0.29, 0.717) is 36.9 Å². The first-order valence-electron chi connectivity index (χ1n) is 9.00. The summed E-state index contributed by atoms with van der Waals surface area (Å²) in [6.45, 7) is 3.51. The minimum absolute atomic E-state index is 0.132.